The Labute approximate surface area is 181 Å². The molecule has 0 aliphatic rings. The molecule has 0 aromatic heterocycles. The Balaban J connectivity index is 3.84. The summed E-state index contributed by atoms with van der Waals surface area (Å²) in [7, 11) is -4.29. The molecule has 0 saturated heterocycles. The molecule has 5 nitrogen and oxygen atoms in total. The molecule has 0 fully saturated rings. The fourth-order valence-corrected chi connectivity index (χ4v) is 4.09. The monoisotopic (exact) mass is 435 g/mol. The first-order valence-electron chi connectivity index (χ1n) is 12.4. The van der Waals surface area contributed by atoms with E-state index in [0.717, 1.165) is 19.3 Å². The maximum Gasteiger partial charge on any atom is 0.469 e. The standard InChI is InChI=1S/C23H50NO4P/c1-3-5-7-9-12-16-20-24(21-17-13-10-8-6-4-2)22-18-14-11-15-19-23-28-29(25,26)27/h3-23H2,1-2H3,(H2,25,26,27). The molecule has 0 bridgehead atoms. The van der Waals surface area contributed by atoms with Gasteiger partial charge in [0.05, 0.1) is 6.61 Å². The highest BCUT2D eigenvalue weighted by molar-refractivity contribution is 7.46. The molecule has 0 aliphatic carbocycles. The van der Waals surface area contributed by atoms with E-state index in [1.807, 2.05) is 0 Å². The summed E-state index contributed by atoms with van der Waals surface area (Å²) in [5.74, 6) is 0. The van der Waals surface area contributed by atoms with Gasteiger partial charge in [0.2, 0.25) is 0 Å². The summed E-state index contributed by atoms with van der Waals surface area (Å²) in [4.78, 5) is 20.0. The van der Waals surface area contributed by atoms with Crippen LogP contribution in [0.15, 0.2) is 0 Å². The van der Waals surface area contributed by atoms with Crippen molar-refractivity contribution in [3.63, 3.8) is 0 Å². The molecule has 0 spiro atoms. The average Bonchev–Trinajstić information content (AvgIpc) is 2.67. The highest BCUT2D eigenvalue weighted by atomic mass is 31.2. The average molecular weight is 436 g/mol. The van der Waals surface area contributed by atoms with Gasteiger partial charge in [0.15, 0.2) is 0 Å². The van der Waals surface area contributed by atoms with Gasteiger partial charge in [-0.2, -0.15) is 0 Å². The van der Waals surface area contributed by atoms with Gasteiger partial charge < -0.3 is 14.7 Å². The Morgan fingerprint density at radius 2 is 0.931 bits per heavy atom. The van der Waals surface area contributed by atoms with Crippen LogP contribution in [0.4, 0.5) is 0 Å². The largest absolute Gasteiger partial charge is 0.469 e. The Morgan fingerprint density at radius 1 is 0.586 bits per heavy atom. The minimum atomic E-state index is -4.29. The molecular weight excluding hydrogens is 385 g/mol. The maximum absolute atomic E-state index is 10.6. The van der Waals surface area contributed by atoms with E-state index < -0.39 is 7.82 Å². The van der Waals surface area contributed by atoms with E-state index >= 15 is 0 Å². The quantitative estimate of drug-likeness (QED) is 0.133. The van der Waals surface area contributed by atoms with Gasteiger partial charge in [-0.1, -0.05) is 97.3 Å². The van der Waals surface area contributed by atoms with Gasteiger partial charge in [0.25, 0.3) is 0 Å². The van der Waals surface area contributed by atoms with E-state index in [1.165, 1.54) is 110 Å². The summed E-state index contributed by atoms with van der Waals surface area (Å²) in [5, 5.41) is 0. The van der Waals surface area contributed by atoms with E-state index in [0.29, 0.717) is 0 Å². The zero-order valence-corrected chi connectivity index (χ0v) is 20.3. The van der Waals surface area contributed by atoms with Crippen LogP contribution in [0.3, 0.4) is 0 Å². The number of unbranched alkanes of at least 4 members (excludes halogenated alkanes) is 14. The molecule has 0 amide bonds. The van der Waals surface area contributed by atoms with Gasteiger partial charge in [-0.15, -0.1) is 0 Å². The molecule has 0 unspecified atom stereocenters. The molecular formula is C23H50NO4P. The van der Waals surface area contributed by atoms with E-state index in [1.54, 1.807) is 0 Å². The third-order valence-corrected chi connectivity index (χ3v) is 6.05. The minimum absolute atomic E-state index is 0.159. The first-order valence-corrected chi connectivity index (χ1v) is 13.9. The Bertz CT molecular complexity index is 360. The number of phosphoric ester groups is 1. The highest BCUT2D eigenvalue weighted by Crippen LogP contribution is 2.35. The first kappa shape index (κ1) is 29.1. The van der Waals surface area contributed by atoms with Crippen molar-refractivity contribution in [3.8, 4) is 0 Å². The van der Waals surface area contributed by atoms with Crippen LogP contribution in [0.1, 0.15) is 123 Å². The van der Waals surface area contributed by atoms with Crippen molar-refractivity contribution < 1.29 is 18.9 Å². The Hall–Kier alpha value is 0.0700. The van der Waals surface area contributed by atoms with Gasteiger partial charge in [-0.25, -0.2) is 4.57 Å². The Kier molecular flexibility index (Phi) is 21.4. The number of hydrogen-bond acceptors (Lipinski definition) is 3. The summed E-state index contributed by atoms with van der Waals surface area (Å²) < 4.78 is 15.1. The second-order valence-corrected chi connectivity index (χ2v) is 9.71. The lowest BCUT2D eigenvalue weighted by molar-refractivity contribution is 0.193. The van der Waals surface area contributed by atoms with Crippen molar-refractivity contribution in [1.82, 2.24) is 4.90 Å². The molecule has 29 heavy (non-hydrogen) atoms. The van der Waals surface area contributed by atoms with Crippen LogP contribution in [-0.2, 0) is 9.09 Å². The van der Waals surface area contributed by atoms with Crippen molar-refractivity contribution >= 4 is 7.82 Å². The van der Waals surface area contributed by atoms with Crippen LogP contribution in [0, 0.1) is 0 Å². The molecule has 6 heteroatoms. The number of rotatable bonds is 23. The van der Waals surface area contributed by atoms with Crippen LogP contribution in [0.25, 0.3) is 0 Å². The normalized spacial score (nSPS) is 12.2. The van der Waals surface area contributed by atoms with Crippen molar-refractivity contribution in [3.05, 3.63) is 0 Å². The lowest BCUT2D eigenvalue weighted by Gasteiger charge is -2.22. The van der Waals surface area contributed by atoms with Gasteiger partial charge in [-0.3, -0.25) is 4.52 Å². The molecule has 0 rings (SSSR count). The van der Waals surface area contributed by atoms with E-state index in [-0.39, 0.29) is 6.61 Å². The zero-order chi connectivity index (χ0) is 21.6. The fourth-order valence-electron chi connectivity index (χ4n) is 3.72. The summed E-state index contributed by atoms with van der Waals surface area (Å²) >= 11 is 0. The van der Waals surface area contributed by atoms with Crippen LogP contribution >= 0.6 is 7.82 Å². The fraction of sp³-hybridized carbons (Fsp3) is 1.00. The molecule has 0 atom stereocenters. The second-order valence-electron chi connectivity index (χ2n) is 8.47. The lowest BCUT2D eigenvalue weighted by atomic mass is 10.1. The van der Waals surface area contributed by atoms with Crippen molar-refractivity contribution in [2.75, 3.05) is 26.2 Å². The van der Waals surface area contributed by atoms with Crippen LogP contribution in [0.5, 0.6) is 0 Å². The molecule has 0 aliphatic heterocycles. The molecule has 0 aromatic carbocycles. The van der Waals surface area contributed by atoms with E-state index in [9.17, 15) is 4.57 Å². The van der Waals surface area contributed by atoms with Gasteiger partial charge >= 0.3 is 7.82 Å². The molecule has 2 N–H and O–H groups in total. The van der Waals surface area contributed by atoms with Gasteiger partial charge in [-0.05, 0) is 45.3 Å². The molecule has 0 aromatic rings. The molecule has 0 saturated carbocycles. The van der Waals surface area contributed by atoms with Crippen molar-refractivity contribution in [1.29, 1.82) is 0 Å². The summed E-state index contributed by atoms with van der Waals surface area (Å²) in [6.45, 7) is 8.39. The van der Waals surface area contributed by atoms with Crippen LogP contribution in [-0.4, -0.2) is 40.9 Å². The SMILES string of the molecule is CCCCCCCCN(CCCCCCCC)CCCCCCCOP(=O)(O)O. The van der Waals surface area contributed by atoms with Crippen molar-refractivity contribution in [2.24, 2.45) is 0 Å². The van der Waals surface area contributed by atoms with Crippen molar-refractivity contribution in [2.45, 2.75) is 123 Å². The van der Waals surface area contributed by atoms with Crippen LogP contribution in [0.2, 0.25) is 0 Å². The first-order chi connectivity index (χ1) is 14.0. The summed E-state index contributed by atoms with van der Waals surface area (Å²) in [6.07, 6.45) is 21.6. The molecule has 176 valence electrons. The molecule has 0 heterocycles. The third-order valence-electron chi connectivity index (χ3n) is 5.53. The van der Waals surface area contributed by atoms with Gasteiger partial charge in [0.1, 0.15) is 0 Å². The maximum atomic E-state index is 10.6. The third kappa shape index (κ3) is 24.2. The number of phosphoric acid groups is 1. The lowest BCUT2D eigenvalue weighted by Crippen LogP contribution is -2.27. The highest BCUT2D eigenvalue weighted by Gasteiger charge is 2.12. The van der Waals surface area contributed by atoms with E-state index in [2.05, 4.69) is 23.3 Å². The Morgan fingerprint density at radius 3 is 1.31 bits per heavy atom. The smallest absolute Gasteiger partial charge is 0.303 e. The summed E-state index contributed by atoms with van der Waals surface area (Å²) in [5.41, 5.74) is 0. The predicted molar refractivity (Wildman–Crippen MR) is 124 cm³/mol. The molecule has 0 radical (unpaired) electrons. The van der Waals surface area contributed by atoms with Crippen LogP contribution < -0.4 is 0 Å². The summed E-state index contributed by atoms with van der Waals surface area (Å²) in [6, 6.07) is 0. The number of nitrogens with zero attached hydrogens (tertiary/aromatic N) is 1. The topological polar surface area (TPSA) is 70.0 Å². The second kappa shape index (κ2) is 21.3. The van der Waals surface area contributed by atoms with E-state index in [4.69, 9.17) is 9.79 Å². The number of hydrogen-bond donors (Lipinski definition) is 2. The predicted octanol–water partition coefficient (Wildman–Crippen LogP) is 7.07. The van der Waals surface area contributed by atoms with Gasteiger partial charge in [0, 0.05) is 0 Å². The minimum Gasteiger partial charge on any atom is -0.303 e. The zero-order valence-electron chi connectivity index (χ0n) is 19.5.